The molecule has 0 spiro atoms. The lowest BCUT2D eigenvalue weighted by Gasteiger charge is -2.10. The number of carbonyl (C=O) groups is 2. The van der Waals surface area contributed by atoms with Gasteiger partial charge in [-0.2, -0.15) is 0 Å². The lowest BCUT2D eigenvalue weighted by molar-refractivity contribution is -0.115. The maximum atomic E-state index is 12.3. The normalized spacial score (nSPS) is 10.6. The van der Waals surface area contributed by atoms with Gasteiger partial charge in [-0.25, -0.2) is 0 Å². The van der Waals surface area contributed by atoms with E-state index in [1.165, 1.54) is 6.08 Å². The van der Waals surface area contributed by atoms with Gasteiger partial charge in [0.25, 0.3) is 5.91 Å². The van der Waals surface area contributed by atoms with E-state index < -0.39 is 5.91 Å². The van der Waals surface area contributed by atoms with Gasteiger partial charge in [0, 0.05) is 22.3 Å². The summed E-state index contributed by atoms with van der Waals surface area (Å²) in [7, 11) is 0. The minimum atomic E-state index is -0.403. The Morgan fingerprint density at radius 2 is 1.90 bits per heavy atom. The molecule has 6 nitrogen and oxygen atoms in total. The summed E-state index contributed by atoms with van der Waals surface area (Å²) in [6, 6.07) is 17.5. The first-order chi connectivity index (χ1) is 14.5. The highest BCUT2D eigenvalue weighted by molar-refractivity contribution is 7.80. The van der Waals surface area contributed by atoms with E-state index in [1.54, 1.807) is 60.9 Å². The van der Waals surface area contributed by atoms with Crippen LogP contribution in [0.25, 0.3) is 6.08 Å². The van der Waals surface area contributed by atoms with Gasteiger partial charge in [-0.05, 0) is 60.3 Å². The number of rotatable bonds is 6. The van der Waals surface area contributed by atoms with Crippen LogP contribution >= 0.6 is 23.8 Å². The van der Waals surface area contributed by atoms with Crippen LogP contribution in [-0.2, 0) is 11.3 Å². The maximum Gasteiger partial charge on any atom is 0.251 e. The topological polar surface area (TPSA) is 83.4 Å². The number of hydrogen-bond acceptors (Lipinski definition) is 4. The van der Waals surface area contributed by atoms with E-state index >= 15 is 0 Å². The molecule has 3 N–H and O–H groups in total. The molecule has 2 aromatic carbocycles. The molecule has 30 heavy (non-hydrogen) atoms. The highest BCUT2D eigenvalue weighted by Gasteiger charge is 2.08. The second-order valence-electron chi connectivity index (χ2n) is 6.14. The Labute approximate surface area is 183 Å². The molecule has 0 aliphatic heterocycles. The molecule has 1 heterocycles. The zero-order valence-electron chi connectivity index (χ0n) is 15.7. The fourth-order valence-corrected chi connectivity index (χ4v) is 2.93. The van der Waals surface area contributed by atoms with Crippen LogP contribution < -0.4 is 16.0 Å². The van der Waals surface area contributed by atoms with Crippen LogP contribution in [0.15, 0.2) is 77.4 Å². The van der Waals surface area contributed by atoms with Crippen LogP contribution in [0.4, 0.5) is 5.69 Å². The summed E-state index contributed by atoms with van der Waals surface area (Å²) in [5, 5.41) is 8.86. The summed E-state index contributed by atoms with van der Waals surface area (Å²) >= 11 is 11.2. The number of benzene rings is 2. The molecular weight excluding hydrogens is 422 g/mol. The molecule has 0 saturated carbocycles. The van der Waals surface area contributed by atoms with Crippen molar-refractivity contribution in [3.63, 3.8) is 0 Å². The smallest absolute Gasteiger partial charge is 0.251 e. The van der Waals surface area contributed by atoms with Gasteiger partial charge in [0.15, 0.2) is 5.11 Å². The number of anilines is 1. The molecule has 3 aromatic rings. The van der Waals surface area contributed by atoms with Gasteiger partial charge in [-0.1, -0.05) is 35.9 Å². The number of carbonyl (C=O) groups excluding carboxylic acids is 2. The predicted molar refractivity (Wildman–Crippen MR) is 121 cm³/mol. The molecule has 152 valence electrons. The fourth-order valence-electron chi connectivity index (χ4n) is 2.51. The molecule has 0 saturated heterocycles. The van der Waals surface area contributed by atoms with Crippen molar-refractivity contribution in [3.8, 4) is 0 Å². The molecule has 0 fully saturated rings. The van der Waals surface area contributed by atoms with Crippen molar-refractivity contribution in [2.45, 2.75) is 6.54 Å². The number of thiocarbonyl (C=S) groups is 1. The van der Waals surface area contributed by atoms with Gasteiger partial charge in [-0.15, -0.1) is 0 Å². The monoisotopic (exact) mass is 439 g/mol. The molecule has 1 aromatic heterocycles. The van der Waals surface area contributed by atoms with Crippen LogP contribution in [-0.4, -0.2) is 16.9 Å². The van der Waals surface area contributed by atoms with Gasteiger partial charge in [0.1, 0.15) is 5.76 Å². The molecule has 0 radical (unpaired) electrons. The molecule has 8 heteroatoms. The van der Waals surface area contributed by atoms with Crippen LogP contribution in [0, 0.1) is 0 Å². The minimum Gasteiger partial charge on any atom is -0.467 e. The van der Waals surface area contributed by atoms with E-state index in [-0.39, 0.29) is 17.6 Å². The van der Waals surface area contributed by atoms with Crippen molar-refractivity contribution in [1.82, 2.24) is 10.6 Å². The highest BCUT2D eigenvalue weighted by Crippen LogP contribution is 2.16. The van der Waals surface area contributed by atoms with Crippen molar-refractivity contribution >= 4 is 52.5 Å². The lowest BCUT2D eigenvalue weighted by Crippen LogP contribution is -2.33. The number of amides is 2. The van der Waals surface area contributed by atoms with Gasteiger partial charge in [0.2, 0.25) is 5.91 Å². The Bertz CT molecular complexity index is 1080. The molecule has 0 aliphatic carbocycles. The largest absolute Gasteiger partial charge is 0.467 e. The molecule has 0 atom stereocenters. The summed E-state index contributed by atoms with van der Waals surface area (Å²) < 4.78 is 5.19. The molecule has 0 bridgehead atoms. The van der Waals surface area contributed by atoms with Crippen molar-refractivity contribution in [2.75, 3.05) is 5.32 Å². The van der Waals surface area contributed by atoms with Gasteiger partial charge in [0.05, 0.1) is 12.8 Å². The standard InChI is InChI=1S/C22H18ClN3O3S/c23-19-9-2-1-5-15(19)10-11-20(27)26-22(30)25-17-7-3-6-16(13-17)21(28)24-14-18-8-4-12-29-18/h1-13H,14H2,(H,24,28)(H2,25,26,27,30)/b11-10+. The molecule has 0 unspecified atom stereocenters. The zero-order chi connectivity index (χ0) is 21.3. The molecule has 0 aliphatic rings. The first kappa shape index (κ1) is 21.3. The Kier molecular flexibility index (Phi) is 7.37. The number of halogens is 1. The Morgan fingerprint density at radius 1 is 1.07 bits per heavy atom. The van der Waals surface area contributed by atoms with E-state index in [0.29, 0.717) is 22.0 Å². The third kappa shape index (κ3) is 6.30. The lowest BCUT2D eigenvalue weighted by atomic mass is 10.2. The third-order valence-corrected chi connectivity index (χ3v) is 4.49. The number of furan rings is 1. The molecule has 2 amide bonds. The van der Waals surface area contributed by atoms with Crippen molar-refractivity contribution in [2.24, 2.45) is 0 Å². The summed E-state index contributed by atoms with van der Waals surface area (Å²) in [4.78, 5) is 24.4. The zero-order valence-corrected chi connectivity index (χ0v) is 17.3. The van der Waals surface area contributed by atoms with E-state index in [1.807, 2.05) is 12.1 Å². The van der Waals surface area contributed by atoms with Crippen LogP contribution in [0.3, 0.4) is 0 Å². The minimum absolute atomic E-state index is 0.108. The molecular formula is C22H18ClN3O3S. The van der Waals surface area contributed by atoms with E-state index in [9.17, 15) is 9.59 Å². The van der Waals surface area contributed by atoms with Crippen molar-refractivity contribution < 1.29 is 14.0 Å². The van der Waals surface area contributed by atoms with Gasteiger partial charge >= 0.3 is 0 Å². The maximum absolute atomic E-state index is 12.3. The van der Waals surface area contributed by atoms with Crippen LogP contribution in [0.2, 0.25) is 5.02 Å². The first-order valence-corrected chi connectivity index (χ1v) is 9.75. The highest BCUT2D eigenvalue weighted by atomic mass is 35.5. The van der Waals surface area contributed by atoms with Crippen molar-refractivity contribution in [3.05, 3.63) is 94.9 Å². The second kappa shape index (κ2) is 10.4. The average molecular weight is 440 g/mol. The van der Waals surface area contributed by atoms with Crippen LogP contribution in [0.5, 0.6) is 0 Å². The number of hydrogen-bond donors (Lipinski definition) is 3. The van der Waals surface area contributed by atoms with Gasteiger partial charge < -0.3 is 15.1 Å². The Morgan fingerprint density at radius 3 is 2.67 bits per heavy atom. The van der Waals surface area contributed by atoms with Crippen molar-refractivity contribution in [1.29, 1.82) is 0 Å². The predicted octanol–water partition coefficient (Wildman–Crippen LogP) is 4.39. The molecule has 3 rings (SSSR count). The first-order valence-electron chi connectivity index (χ1n) is 8.96. The van der Waals surface area contributed by atoms with Gasteiger partial charge in [-0.3, -0.25) is 14.9 Å². The van der Waals surface area contributed by atoms with Crippen LogP contribution in [0.1, 0.15) is 21.7 Å². The quantitative estimate of drug-likeness (QED) is 0.392. The van der Waals surface area contributed by atoms with E-state index in [2.05, 4.69) is 16.0 Å². The third-order valence-electron chi connectivity index (χ3n) is 3.94. The van der Waals surface area contributed by atoms with E-state index in [0.717, 1.165) is 5.56 Å². The summed E-state index contributed by atoms with van der Waals surface area (Å²) in [5.41, 5.74) is 1.74. The summed E-state index contributed by atoms with van der Waals surface area (Å²) in [5.74, 6) is -0.00110. The summed E-state index contributed by atoms with van der Waals surface area (Å²) in [6.07, 6.45) is 4.49. The average Bonchev–Trinajstić information content (AvgIpc) is 3.25. The summed E-state index contributed by atoms with van der Waals surface area (Å²) in [6.45, 7) is 0.287. The number of nitrogens with one attached hydrogen (secondary N) is 3. The van der Waals surface area contributed by atoms with E-state index in [4.69, 9.17) is 28.2 Å². The Hall–Kier alpha value is -3.42. The SMILES string of the molecule is O=C(/C=C/c1ccccc1Cl)NC(=S)Nc1cccc(C(=O)NCc2ccco2)c1. The fraction of sp³-hybridized carbons (Fsp3) is 0.0455. The Balaban J connectivity index is 1.53. The second-order valence-corrected chi connectivity index (χ2v) is 6.96.